The molecule has 120 valence electrons. The van der Waals surface area contributed by atoms with Gasteiger partial charge < -0.3 is 0 Å². The van der Waals surface area contributed by atoms with E-state index in [4.69, 9.17) is 12.2 Å². The molecule has 7 heteroatoms. The monoisotopic (exact) mass is 361 g/mol. The van der Waals surface area contributed by atoms with Crippen LogP contribution in [0.2, 0.25) is 0 Å². The Labute approximate surface area is 146 Å². The normalized spacial score (nSPS) is 16.1. The molecule has 2 amide bonds. The van der Waals surface area contributed by atoms with Crippen molar-refractivity contribution in [3.05, 3.63) is 76.2 Å². The molecule has 0 spiro atoms. The standard InChI is InChI=1S/C17H9F2NO2S2/c18-11-5-3-4-10(8-11)9-14-16(22)20(17(23)24-14)15(21)12-6-1-2-7-13(12)19/h1-9H/b14-9+. The summed E-state index contributed by atoms with van der Waals surface area (Å²) in [6, 6.07) is 11.0. The fraction of sp³-hybridized carbons (Fsp3) is 0. The van der Waals surface area contributed by atoms with E-state index in [1.54, 1.807) is 6.07 Å². The maximum atomic E-state index is 13.8. The SMILES string of the molecule is O=C1/C(=C\c2cccc(F)c2)SC(=S)N1C(=O)c1ccccc1F. The number of benzene rings is 2. The molecule has 0 saturated carbocycles. The van der Waals surface area contributed by atoms with Gasteiger partial charge in [-0.15, -0.1) is 0 Å². The van der Waals surface area contributed by atoms with Crippen LogP contribution in [0.1, 0.15) is 15.9 Å². The Hall–Kier alpha value is -2.38. The van der Waals surface area contributed by atoms with Crippen LogP contribution in [0.15, 0.2) is 53.4 Å². The average Bonchev–Trinajstić information content (AvgIpc) is 2.81. The lowest BCUT2D eigenvalue weighted by atomic mass is 10.1. The quantitative estimate of drug-likeness (QED) is 0.460. The third kappa shape index (κ3) is 3.13. The van der Waals surface area contributed by atoms with Crippen molar-refractivity contribution in [1.29, 1.82) is 0 Å². The fourth-order valence-corrected chi connectivity index (χ4v) is 3.40. The lowest BCUT2D eigenvalue weighted by Crippen LogP contribution is -2.35. The number of thioether (sulfide) groups is 1. The largest absolute Gasteiger partial charge is 0.273 e. The van der Waals surface area contributed by atoms with Crippen LogP contribution < -0.4 is 0 Å². The zero-order chi connectivity index (χ0) is 17.3. The number of carbonyl (C=O) groups is 2. The molecule has 1 aliphatic rings. The Morgan fingerprint density at radius 2 is 1.88 bits per heavy atom. The lowest BCUT2D eigenvalue weighted by molar-refractivity contribution is -0.120. The van der Waals surface area contributed by atoms with E-state index in [2.05, 4.69) is 0 Å². The van der Waals surface area contributed by atoms with Crippen molar-refractivity contribution >= 4 is 46.2 Å². The molecule has 0 radical (unpaired) electrons. The molecule has 1 saturated heterocycles. The van der Waals surface area contributed by atoms with E-state index in [0.717, 1.165) is 22.7 Å². The third-order valence-electron chi connectivity index (χ3n) is 3.25. The van der Waals surface area contributed by atoms with Crippen LogP contribution in [0.3, 0.4) is 0 Å². The minimum Gasteiger partial charge on any atom is -0.268 e. The Morgan fingerprint density at radius 3 is 2.58 bits per heavy atom. The second-order valence-corrected chi connectivity index (χ2v) is 6.53. The first-order valence-electron chi connectivity index (χ1n) is 6.80. The Balaban J connectivity index is 1.92. The van der Waals surface area contributed by atoms with E-state index in [0.29, 0.717) is 5.56 Å². The summed E-state index contributed by atoms with van der Waals surface area (Å²) in [7, 11) is 0. The summed E-state index contributed by atoms with van der Waals surface area (Å²) in [6.07, 6.45) is 1.44. The van der Waals surface area contributed by atoms with Gasteiger partial charge in [-0.3, -0.25) is 9.59 Å². The highest BCUT2D eigenvalue weighted by atomic mass is 32.2. The minimum absolute atomic E-state index is 0.0101. The maximum absolute atomic E-state index is 13.8. The van der Waals surface area contributed by atoms with Crippen LogP contribution in [-0.2, 0) is 4.79 Å². The van der Waals surface area contributed by atoms with Crippen LogP contribution >= 0.6 is 24.0 Å². The molecule has 0 aliphatic carbocycles. The fourth-order valence-electron chi connectivity index (χ4n) is 2.15. The Kier molecular flexibility index (Phi) is 4.55. The third-order valence-corrected chi connectivity index (χ3v) is 4.55. The van der Waals surface area contributed by atoms with Crippen molar-refractivity contribution in [1.82, 2.24) is 4.90 Å². The van der Waals surface area contributed by atoms with E-state index in [1.165, 1.54) is 42.5 Å². The molecule has 2 aromatic rings. The van der Waals surface area contributed by atoms with Gasteiger partial charge in [-0.1, -0.05) is 48.2 Å². The molecule has 1 fully saturated rings. The highest BCUT2D eigenvalue weighted by molar-refractivity contribution is 8.26. The molecule has 1 aliphatic heterocycles. The van der Waals surface area contributed by atoms with E-state index in [1.807, 2.05) is 0 Å². The predicted octanol–water partition coefficient (Wildman–Crippen LogP) is 4.01. The minimum atomic E-state index is -0.821. The first-order chi connectivity index (χ1) is 11.5. The number of hydrogen-bond acceptors (Lipinski definition) is 4. The second kappa shape index (κ2) is 6.62. The second-order valence-electron chi connectivity index (χ2n) is 4.86. The first kappa shape index (κ1) is 16.5. The van der Waals surface area contributed by atoms with Crippen LogP contribution in [-0.4, -0.2) is 21.0 Å². The number of rotatable bonds is 2. The topological polar surface area (TPSA) is 37.4 Å². The zero-order valence-electron chi connectivity index (χ0n) is 12.0. The van der Waals surface area contributed by atoms with Crippen molar-refractivity contribution in [2.45, 2.75) is 0 Å². The van der Waals surface area contributed by atoms with Gasteiger partial charge in [0.1, 0.15) is 11.6 Å². The molecule has 0 N–H and O–H groups in total. The molecule has 0 atom stereocenters. The summed E-state index contributed by atoms with van der Waals surface area (Å²) in [5, 5.41) is 0. The van der Waals surface area contributed by atoms with Gasteiger partial charge in [0.05, 0.1) is 10.5 Å². The molecule has 0 bridgehead atoms. The Bertz CT molecular complexity index is 896. The van der Waals surface area contributed by atoms with Gasteiger partial charge in [0, 0.05) is 0 Å². The van der Waals surface area contributed by atoms with Crippen molar-refractivity contribution in [3.63, 3.8) is 0 Å². The van der Waals surface area contributed by atoms with Crippen LogP contribution in [0, 0.1) is 11.6 Å². The number of imide groups is 1. The summed E-state index contributed by atoms with van der Waals surface area (Å²) < 4.78 is 27.0. The number of hydrogen-bond donors (Lipinski definition) is 0. The van der Waals surface area contributed by atoms with Crippen molar-refractivity contribution in [2.75, 3.05) is 0 Å². The number of nitrogens with zero attached hydrogens (tertiary/aromatic N) is 1. The molecular weight excluding hydrogens is 352 g/mol. The van der Waals surface area contributed by atoms with Gasteiger partial charge in [-0.25, -0.2) is 13.7 Å². The Morgan fingerprint density at radius 1 is 1.12 bits per heavy atom. The van der Waals surface area contributed by atoms with Gasteiger partial charge in [0.15, 0.2) is 4.32 Å². The molecule has 3 nitrogen and oxygen atoms in total. The van der Waals surface area contributed by atoms with Gasteiger partial charge >= 0.3 is 0 Å². The summed E-state index contributed by atoms with van der Waals surface area (Å²) in [5.74, 6) is -2.65. The number of thiocarbonyl (C=S) groups is 1. The van der Waals surface area contributed by atoms with E-state index >= 15 is 0 Å². The number of halogens is 2. The van der Waals surface area contributed by atoms with Gasteiger partial charge in [0.2, 0.25) is 0 Å². The summed E-state index contributed by atoms with van der Waals surface area (Å²) in [5.41, 5.74) is 0.231. The molecule has 1 heterocycles. The molecule has 3 rings (SSSR count). The molecule has 0 unspecified atom stereocenters. The molecule has 0 aromatic heterocycles. The summed E-state index contributed by atoms with van der Waals surface area (Å²) in [6.45, 7) is 0. The maximum Gasteiger partial charge on any atom is 0.273 e. The van der Waals surface area contributed by atoms with Crippen LogP contribution in [0.25, 0.3) is 6.08 Å². The van der Waals surface area contributed by atoms with Gasteiger partial charge in [-0.05, 0) is 35.9 Å². The summed E-state index contributed by atoms with van der Waals surface area (Å²) >= 11 is 5.98. The van der Waals surface area contributed by atoms with Gasteiger partial charge in [-0.2, -0.15) is 0 Å². The van der Waals surface area contributed by atoms with Crippen molar-refractivity contribution in [2.24, 2.45) is 0 Å². The summed E-state index contributed by atoms with van der Waals surface area (Å²) in [4.78, 5) is 25.8. The highest BCUT2D eigenvalue weighted by Gasteiger charge is 2.38. The smallest absolute Gasteiger partial charge is 0.268 e. The first-order valence-corrected chi connectivity index (χ1v) is 8.02. The molecular formula is C17H9F2NO2S2. The van der Waals surface area contributed by atoms with Crippen LogP contribution in [0.4, 0.5) is 8.78 Å². The predicted molar refractivity (Wildman–Crippen MR) is 92.1 cm³/mol. The highest BCUT2D eigenvalue weighted by Crippen LogP contribution is 2.33. The van der Waals surface area contributed by atoms with Gasteiger partial charge in [0.25, 0.3) is 11.8 Å². The van der Waals surface area contributed by atoms with Crippen molar-refractivity contribution in [3.8, 4) is 0 Å². The molecule has 2 aromatic carbocycles. The molecule has 24 heavy (non-hydrogen) atoms. The van der Waals surface area contributed by atoms with Crippen LogP contribution in [0.5, 0.6) is 0 Å². The number of carbonyl (C=O) groups excluding carboxylic acids is 2. The van der Waals surface area contributed by atoms with E-state index in [-0.39, 0.29) is 14.8 Å². The average molecular weight is 361 g/mol. The lowest BCUT2D eigenvalue weighted by Gasteiger charge is -2.12. The van der Waals surface area contributed by atoms with E-state index in [9.17, 15) is 18.4 Å². The zero-order valence-corrected chi connectivity index (χ0v) is 13.7. The number of amides is 2. The van der Waals surface area contributed by atoms with E-state index < -0.39 is 23.4 Å². The van der Waals surface area contributed by atoms with Crippen molar-refractivity contribution < 1.29 is 18.4 Å².